The van der Waals surface area contributed by atoms with Crippen LogP contribution >= 0.6 is 15.9 Å². The lowest BCUT2D eigenvalue weighted by molar-refractivity contribution is -0.278. The summed E-state index contributed by atoms with van der Waals surface area (Å²) < 4.78 is 17.0. The van der Waals surface area contributed by atoms with E-state index in [0.717, 1.165) is 4.48 Å². The molecule has 1 aliphatic heterocycles. The molecule has 1 N–H and O–H groups in total. The Labute approximate surface area is 103 Å². The maximum Gasteiger partial charge on any atom is 0.221 e. The lowest BCUT2D eigenvalue weighted by atomic mass is 9.80. The van der Waals surface area contributed by atoms with Gasteiger partial charge in [-0.1, -0.05) is 22.0 Å². The van der Waals surface area contributed by atoms with E-state index in [9.17, 15) is 5.11 Å². The van der Waals surface area contributed by atoms with Crippen molar-refractivity contribution in [2.45, 2.75) is 30.0 Å². The van der Waals surface area contributed by atoms with Gasteiger partial charge in [-0.05, 0) is 6.08 Å². The molecule has 1 heterocycles. The van der Waals surface area contributed by atoms with Crippen LogP contribution in [0.15, 0.2) is 23.2 Å². The number of fused-ring (bicyclic) bond motifs is 1. The van der Waals surface area contributed by atoms with Crippen LogP contribution in [-0.2, 0) is 14.2 Å². The molecule has 1 saturated heterocycles. The molecule has 16 heavy (non-hydrogen) atoms. The Morgan fingerprint density at radius 3 is 2.75 bits per heavy atom. The van der Waals surface area contributed by atoms with E-state index in [2.05, 4.69) is 22.5 Å². The van der Waals surface area contributed by atoms with Crippen LogP contribution in [0.2, 0.25) is 0 Å². The maximum absolute atomic E-state index is 10.7. The van der Waals surface area contributed by atoms with Crippen molar-refractivity contribution in [3.63, 3.8) is 0 Å². The van der Waals surface area contributed by atoms with Gasteiger partial charge in [0.05, 0.1) is 0 Å². The molecule has 0 bridgehead atoms. The molecule has 0 saturated carbocycles. The Bertz CT molecular complexity index is 337. The van der Waals surface area contributed by atoms with Crippen LogP contribution in [0.25, 0.3) is 0 Å². The molecule has 2 aliphatic rings. The zero-order chi connectivity index (χ0) is 12.0. The second-order valence-electron chi connectivity index (χ2n) is 4.00. The van der Waals surface area contributed by atoms with E-state index in [1.807, 2.05) is 0 Å². The summed E-state index contributed by atoms with van der Waals surface area (Å²) in [6.45, 7) is 3.65. The standard InChI is InChI=1S/C11H15BrO4/c1-4-5-10(13)9-8(16-9)7(12)6-11(10,14-2)15-3/h4,6,8-9,13H,1,5H2,2-3H3/t8-,9-,10-/m0/s1. The lowest BCUT2D eigenvalue weighted by Gasteiger charge is -2.43. The molecular formula is C11H15BrO4. The summed E-state index contributed by atoms with van der Waals surface area (Å²) in [6, 6.07) is 0. The number of ether oxygens (including phenoxy) is 3. The smallest absolute Gasteiger partial charge is 0.221 e. The summed E-state index contributed by atoms with van der Waals surface area (Å²) in [7, 11) is 2.99. The van der Waals surface area contributed by atoms with E-state index >= 15 is 0 Å². The fourth-order valence-corrected chi connectivity index (χ4v) is 2.95. The molecule has 1 aliphatic carbocycles. The number of methoxy groups -OCH3 is 2. The SMILES string of the molecule is C=CC[C@]1(O)[C@H]2O[C@H]2C(Br)=CC1(OC)OC. The molecule has 5 heteroatoms. The first kappa shape index (κ1) is 12.3. The molecule has 1 fully saturated rings. The van der Waals surface area contributed by atoms with Gasteiger partial charge in [-0.3, -0.25) is 0 Å². The van der Waals surface area contributed by atoms with Crippen molar-refractivity contribution in [3.05, 3.63) is 23.2 Å². The highest BCUT2D eigenvalue weighted by Gasteiger charge is 2.68. The largest absolute Gasteiger partial charge is 0.381 e. The Hall–Kier alpha value is -0.200. The van der Waals surface area contributed by atoms with Gasteiger partial charge in [-0.2, -0.15) is 0 Å². The number of epoxide rings is 1. The minimum atomic E-state index is -1.24. The predicted octanol–water partition coefficient (Wildman–Crippen LogP) is 1.34. The molecule has 2 rings (SSSR count). The van der Waals surface area contributed by atoms with E-state index in [-0.39, 0.29) is 12.2 Å². The Morgan fingerprint density at radius 2 is 2.25 bits per heavy atom. The minimum Gasteiger partial charge on any atom is -0.381 e. The van der Waals surface area contributed by atoms with Crippen LogP contribution in [-0.4, -0.2) is 42.9 Å². The van der Waals surface area contributed by atoms with Gasteiger partial charge in [0.25, 0.3) is 0 Å². The van der Waals surface area contributed by atoms with Crippen molar-refractivity contribution in [1.82, 2.24) is 0 Å². The molecule has 0 aromatic carbocycles. The molecule has 90 valence electrons. The van der Waals surface area contributed by atoms with E-state index in [1.54, 1.807) is 12.2 Å². The zero-order valence-corrected chi connectivity index (χ0v) is 10.9. The third-order valence-electron chi connectivity index (χ3n) is 3.23. The first-order valence-electron chi connectivity index (χ1n) is 5.02. The summed E-state index contributed by atoms with van der Waals surface area (Å²) in [6.07, 6.45) is 3.28. The molecule has 3 atom stereocenters. The Morgan fingerprint density at radius 1 is 1.62 bits per heavy atom. The zero-order valence-electron chi connectivity index (χ0n) is 9.27. The topological polar surface area (TPSA) is 51.2 Å². The van der Waals surface area contributed by atoms with Crippen molar-refractivity contribution in [2.75, 3.05) is 14.2 Å². The van der Waals surface area contributed by atoms with Crippen LogP contribution in [0.3, 0.4) is 0 Å². The average Bonchev–Trinajstić information content (AvgIpc) is 3.05. The van der Waals surface area contributed by atoms with Gasteiger partial charge in [0.15, 0.2) is 5.60 Å². The van der Waals surface area contributed by atoms with Crippen molar-refractivity contribution in [1.29, 1.82) is 0 Å². The van der Waals surface area contributed by atoms with E-state index in [0.29, 0.717) is 6.42 Å². The molecule has 4 nitrogen and oxygen atoms in total. The van der Waals surface area contributed by atoms with Crippen molar-refractivity contribution >= 4 is 15.9 Å². The van der Waals surface area contributed by atoms with Gasteiger partial charge >= 0.3 is 0 Å². The summed E-state index contributed by atoms with van der Waals surface area (Å²) in [4.78, 5) is 0. The first-order valence-corrected chi connectivity index (χ1v) is 5.81. The fourth-order valence-electron chi connectivity index (χ4n) is 2.31. The number of hydrogen-bond donors (Lipinski definition) is 1. The quantitative estimate of drug-likeness (QED) is 0.482. The Kier molecular flexibility index (Phi) is 3.01. The normalized spacial score (nSPS) is 39.9. The van der Waals surface area contributed by atoms with Crippen LogP contribution in [0.5, 0.6) is 0 Å². The van der Waals surface area contributed by atoms with Gasteiger partial charge in [-0.15, -0.1) is 6.58 Å². The van der Waals surface area contributed by atoms with Crippen molar-refractivity contribution in [3.8, 4) is 0 Å². The molecule has 0 spiro atoms. The Balaban J connectivity index is 2.45. The van der Waals surface area contributed by atoms with Crippen LogP contribution in [0, 0.1) is 0 Å². The highest BCUT2D eigenvalue weighted by atomic mass is 79.9. The average molecular weight is 291 g/mol. The summed E-state index contributed by atoms with van der Waals surface area (Å²) in [5.74, 6) is -1.20. The van der Waals surface area contributed by atoms with E-state index in [1.165, 1.54) is 14.2 Å². The molecule has 0 unspecified atom stereocenters. The van der Waals surface area contributed by atoms with Gasteiger partial charge in [0.1, 0.15) is 12.2 Å². The van der Waals surface area contributed by atoms with Crippen LogP contribution in [0.4, 0.5) is 0 Å². The van der Waals surface area contributed by atoms with Gasteiger partial charge < -0.3 is 19.3 Å². The second kappa shape index (κ2) is 3.92. The van der Waals surface area contributed by atoms with Gasteiger partial charge in [0, 0.05) is 25.1 Å². The van der Waals surface area contributed by atoms with Crippen LogP contribution < -0.4 is 0 Å². The lowest BCUT2D eigenvalue weighted by Crippen LogP contribution is -2.61. The molecule has 0 radical (unpaired) electrons. The van der Waals surface area contributed by atoms with Crippen molar-refractivity contribution in [2.24, 2.45) is 0 Å². The van der Waals surface area contributed by atoms with E-state index < -0.39 is 11.4 Å². The minimum absolute atomic E-state index is 0.0941. The number of hydrogen-bond acceptors (Lipinski definition) is 4. The van der Waals surface area contributed by atoms with E-state index in [4.69, 9.17) is 14.2 Å². The molecule has 0 amide bonds. The van der Waals surface area contributed by atoms with Gasteiger partial charge in [-0.25, -0.2) is 0 Å². The fraction of sp³-hybridized carbons (Fsp3) is 0.636. The number of rotatable bonds is 4. The molecule has 0 aromatic heterocycles. The van der Waals surface area contributed by atoms with Crippen molar-refractivity contribution < 1.29 is 19.3 Å². The van der Waals surface area contributed by atoms with Crippen LogP contribution in [0.1, 0.15) is 6.42 Å². The monoisotopic (exact) mass is 290 g/mol. The number of halogens is 1. The summed E-state index contributed by atoms with van der Waals surface area (Å²) >= 11 is 3.39. The predicted molar refractivity (Wildman–Crippen MR) is 62.2 cm³/mol. The third kappa shape index (κ3) is 1.43. The summed E-state index contributed by atoms with van der Waals surface area (Å²) in [5, 5.41) is 10.7. The highest BCUT2D eigenvalue weighted by molar-refractivity contribution is 9.11. The molecule has 0 aromatic rings. The third-order valence-corrected chi connectivity index (χ3v) is 3.91. The molecular weight excluding hydrogens is 276 g/mol. The summed E-state index contributed by atoms with van der Waals surface area (Å²) in [5.41, 5.74) is -1.24. The highest BCUT2D eigenvalue weighted by Crippen LogP contribution is 2.52. The first-order chi connectivity index (χ1) is 7.54. The van der Waals surface area contributed by atoms with Gasteiger partial charge in [0.2, 0.25) is 5.79 Å². The second-order valence-corrected chi connectivity index (χ2v) is 4.91. The maximum atomic E-state index is 10.7. The number of aliphatic hydroxyl groups is 1.